The van der Waals surface area contributed by atoms with Gasteiger partial charge in [0.1, 0.15) is 5.82 Å². The average molecular weight is 346 g/mol. The van der Waals surface area contributed by atoms with Crippen LogP contribution in [0.25, 0.3) is 0 Å². The molecule has 3 nitrogen and oxygen atoms in total. The molecule has 19 heavy (non-hydrogen) atoms. The summed E-state index contributed by atoms with van der Waals surface area (Å²) in [7, 11) is 2.14. The Morgan fingerprint density at radius 2 is 2.26 bits per heavy atom. The normalized spacial score (nSPS) is 12.5. The highest BCUT2D eigenvalue weighted by atomic mass is 79.9. The van der Waals surface area contributed by atoms with Crippen LogP contribution in [0.1, 0.15) is 25.8 Å². The first-order valence-corrected chi connectivity index (χ1v) is 8.85. The van der Waals surface area contributed by atoms with Gasteiger partial charge in [0.2, 0.25) is 0 Å². The van der Waals surface area contributed by atoms with Gasteiger partial charge in [-0.2, -0.15) is 11.8 Å². The monoisotopic (exact) mass is 345 g/mol. The smallest absolute Gasteiger partial charge is 0.133 e. The van der Waals surface area contributed by atoms with Crippen molar-refractivity contribution in [2.45, 2.75) is 32.9 Å². The van der Waals surface area contributed by atoms with Gasteiger partial charge in [-0.15, -0.1) is 0 Å². The van der Waals surface area contributed by atoms with Crippen molar-refractivity contribution in [2.75, 3.05) is 30.5 Å². The number of hydrogen-bond acceptors (Lipinski definition) is 4. The third-order valence-corrected chi connectivity index (χ3v) is 4.29. The lowest BCUT2D eigenvalue weighted by molar-refractivity contribution is 0.651. The summed E-state index contributed by atoms with van der Waals surface area (Å²) in [5.74, 6) is 2.27. The Hall–Kier alpha value is -0.260. The van der Waals surface area contributed by atoms with E-state index in [0.29, 0.717) is 6.04 Å². The predicted molar refractivity (Wildman–Crippen MR) is 90.2 cm³/mol. The van der Waals surface area contributed by atoms with Crippen LogP contribution in [0, 0.1) is 0 Å². The molecule has 5 heteroatoms. The summed E-state index contributed by atoms with van der Waals surface area (Å²) in [5.41, 5.74) is 1.25. The number of nitrogens with one attached hydrogen (secondary N) is 1. The van der Waals surface area contributed by atoms with Crippen LogP contribution >= 0.6 is 27.7 Å². The zero-order chi connectivity index (χ0) is 14.3. The van der Waals surface area contributed by atoms with Gasteiger partial charge in [0.15, 0.2) is 0 Å². The third-order valence-electron chi connectivity index (χ3n) is 3.21. The van der Waals surface area contributed by atoms with E-state index in [1.807, 2.05) is 18.0 Å². The maximum atomic E-state index is 4.59. The van der Waals surface area contributed by atoms with E-state index >= 15 is 0 Å². The van der Waals surface area contributed by atoms with E-state index in [-0.39, 0.29) is 0 Å². The van der Waals surface area contributed by atoms with Crippen molar-refractivity contribution in [2.24, 2.45) is 0 Å². The Morgan fingerprint density at radius 3 is 2.89 bits per heavy atom. The fourth-order valence-corrected chi connectivity index (χ4v) is 2.83. The summed E-state index contributed by atoms with van der Waals surface area (Å²) in [6.45, 7) is 6.21. The van der Waals surface area contributed by atoms with Crippen LogP contribution in [0.15, 0.2) is 16.7 Å². The maximum absolute atomic E-state index is 4.59. The molecule has 1 unspecified atom stereocenters. The van der Waals surface area contributed by atoms with E-state index in [2.05, 4.69) is 64.3 Å². The SMILES string of the molecule is CCNCc1cc(Br)cnc1N(C)C(C)CCSC. The van der Waals surface area contributed by atoms with Gasteiger partial charge in [-0.25, -0.2) is 4.98 Å². The molecule has 0 aliphatic heterocycles. The van der Waals surface area contributed by atoms with Gasteiger partial charge in [-0.1, -0.05) is 6.92 Å². The van der Waals surface area contributed by atoms with E-state index in [4.69, 9.17) is 0 Å². The molecule has 1 N–H and O–H groups in total. The highest BCUT2D eigenvalue weighted by Crippen LogP contribution is 2.23. The zero-order valence-corrected chi connectivity index (χ0v) is 14.6. The predicted octanol–water partition coefficient (Wildman–Crippen LogP) is 3.53. The molecule has 0 spiro atoms. The molecule has 1 rings (SSSR count). The fourth-order valence-electron chi connectivity index (χ4n) is 1.87. The summed E-state index contributed by atoms with van der Waals surface area (Å²) >= 11 is 5.40. The zero-order valence-electron chi connectivity index (χ0n) is 12.2. The van der Waals surface area contributed by atoms with E-state index < -0.39 is 0 Å². The molecule has 108 valence electrons. The van der Waals surface area contributed by atoms with Gasteiger partial charge in [0, 0.05) is 35.9 Å². The first-order chi connectivity index (χ1) is 9.10. The number of halogens is 1. The Balaban J connectivity index is 2.84. The second kappa shape index (κ2) is 8.82. The van der Waals surface area contributed by atoms with Crippen LogP contribution < -0.4 is 10.2 Å². The molecule has 0 saturated carbocycles. The molecule has 0 fully saturated rings. The maximum Gasteiger partial charge on any atom is 0.133 e. The first-order valence-electron chi connectivity index (χ1n) is 6.67. The van der Waals surface area contributed by atoms with Crippen LogP contribution in [-0.4, -0.2) is 36.6 Å². The molecule has 0 bridgehead atoms. The van der Waals surface area contributed by atoms with Crippen molar-refractivity contribution >= 4 is 33.5 Å². The lowest BCUT2D eigenvalue weighted by atomic mass is 10.2. The Labute approximate surface area is 129 Å². The number of pyridine rings is 1. The number of thioether (sulfide) groups is 1. The molecular formula is C14H24BrN3S. The van der Waals surface area contributed by atoms with E-state index in [9.17, 15) is 0 Å². The largest absolute Gasteiger partial charge is 0.357 e. The summed E-state index contributed by atoms with van der Waals surface area (Å²) in [5, 5.41) is 3.38. The Bertz CT molecular complexity index is 387. The minimum absolute atomic E-state index is 0.501. The van der Waals surface area contributed by atoms with Gasteiger partial charge in [0.05, 0.1) is 0 Å². The van der Waals surface area contributed by atoms with Crippen molar-refractivity contribution < 1.29 is 0 Å². The lowest BCUT2D eigenvalue weighted by Crippen LogP contribution is -2.31. The van der Waals surface area contributed by atoms with Gasteiger partial charge < -0.3 is 10.2 Å². The first kappa shape index (κ1) is 16.8. The van der Waals surface area contributed by atoms with Crippen molar-refractivity contribution in [3.8, 4) is 0 Å². The number of rotatable bonds is 8. The van der Waals surface area contributed by atoms with Gasteiger partial charge >= 0.3 is 0 Å². The quantitative estimate of drug-likeness (QED) is 0.779. The van der Waals surface area contributed by atoms with Crippen molar-refractivity contribution in [1.29, 1.82) is 0 Å². The molecule has 0 aliphatic carbocycles. The topological polar surface area (TPSA) is 28.2 Å². The van der Waals surface area contributed by atoms with Gasteiger partial charge in [-0.05, 0) is 53.9 Å². The molecule has 1 aromatic heterocycles. The van der Waals surface area contributed by atoms with Crippen LogP contribution in [0.4, 0.5) is 5.82 Å². The van der Waals surface area contributed by atoms with E-state index in [0.717, 1.165) is 23.4 Å². The highest BCUT2D eigenvalue weighted by molar-refractivity contribution is 9.10. The van der Waals surface area contributed by atoms with Crippen molar-refractivity contribution in [3.63, 3.8) is 0 Å². The molecule has 0 radical (unpaired) electrons. The molecule has 1 aromatic rings. The molecule has 0 amide bonds. The van der Waals surface area contributed by atoms with Gasteiger partial charge in [-0.3, -0.25) is 0 Å². The minimum Gasteiger partial charge on any atom is -0.357 e. The summed E-state index contributed by atoms with van der Waals surface area (Å²) in [6.07, 6.45) is 5.21. The van der Waals surface area contributed by atoms with Crippen molar-refractivity contribution in [3.05, 3.63) is 22.3 Å². The fraction of sp³-hybridized carbons (Fsp3) is 0.643. The number of hydrogen-bond donors (Lipinski definition) is 1. The van der Waals surface area contributed by atoms with Crippen LogP contribution in [0.2, 0.25) is 0 Å². The summed E-state index contributed by atoms with van der Waals surface area (Å²) in [4.78, 5) is 6.88. The van der Waals surface area contributed by atoms with Crippen LogP contribution in [0.3, 0.4) is 0 Å². The molecular weight excluding hydrogens is 322 g/mol. The number of anilines is 1. The van der Waals surface area contributed by atoms with Crippen molar-refractivity contribution in [1.82, 2.24) is 10.3 Å². The Morgan fingerprint density at radius 1 is 1.53 bits per heavy atom. The highest BCUT2D eigenvalue weighted by Gasteiger charge is 2.15. The molecule has 1 heterocycles. The van der Waals surface area contributed by atoms with Crippen LogP contribution in [0.5, 0.6) is 0 Å². The second-order valence-corrected chi connectivity index (χ2v) is 6.56. The summed E-state index contributed by atoms with van der Waals surface area (Å²) < 4.78 is 1.04. The third kappa shape index (κ3) is 5.32. The Kier molecular flexibility index (Phi) is 7.80. The molecule has 0 saturated heterocycles. The molecule has 0 aromatic carbocycles. The lowest BCUT2D eigenvalue weighted by Gasteiger charge is -2.28. The standard InChI is InChI=1S/C14H24BrN3S/c1-5-16-9-12-8-13(15)10-17-14(12)18(3)11(2)6-7-19-4/h8,10-11,16H,5-7,9H2,1-4H3. The summed E-state index contributed by atoms with van der Waals surface area (Å²) in [6, 6.07) is 2.66. The minimum atomic E-state index is 0.501. The molecule has 0 aliphatic rings. The molecule has 1 atom stereocenters. The number of aromatic nitrogens is 1. The second-order valence-electron chi connectivity index (χ2n) is 4.66. The average Bonchev–Trinajstić information content (AvgIpc) is 2.41. The van der Waals surface area contributed by atoms with E-state index in [1.165, 1.54) is 17.7 Å². The number of nitrogens with zero attached hydrogens (tertiary/aromatic N) is 2. The van der Waals surface area contributed by atoms with Gasteiger partial charge in [0.25, 0.3) is 0 Å². The van der Waals surface area contributed by atoms with Crippen LogP contribution in [-0.2, 0) is 6.54 Å². The van der Waals surface area contributed by atoms with E-state index in [1.54, 1.807) is 0 Å².